The van der Waals surface area contributed by atoms with Crippen LogP contribution in [-0.2, 0) is 6.54 Å². The van der Waals surface area contributed by atoms with Gasteiger partial charge in [0.2, 0.25) is 5.88 Å². The smallest absolute Gasteiger partial charge is 0.331 e. The van der Waals surface area contributed by atoms with Crippen molar-refractivity contribution in [2.45, 2.75) is 39.2 Å². The second-order valence-corrected chi connectivity index (χ2v) is 6.76. The van der Waals surface area contributed by atoms with Crippen LogP contribution in [0.2, 0.25) is 0 Å². The minimum Gasteiger partial charge on any atom is -1.00 e. The number of aromatic amines is 1. The second kappa shape index (κ2) is 10.7. The summed E-state index contributed by atoms with van der Waals surface area (Å²) in [5, 5.41) is 10.2. The fourth-order valence-corrected chi connectivity index (χ4v) is 2.11. The van der Waals surface area contributed by atoms with E-state index in [9.17, 15) is 14.7 Å². The Bertz CT molecular complexity index is 644. The van der Waals surface area contributed by atoms with Crippen molar-refractivity contribution in [2.24, 2.45) is 4.99 Å². The molecule has 8 heteroatoms. The Morgan fingerprint density at radius 2 is 1.88 bits per heavy atom. The first kappa shape index (κ1) is 22.8. The SMILES string of the molecule is CCCCCCn1c(O)c(C=NCC[N+](C)(C)C)c(=O)[nH]c1=O.[I-]. The first-order valence-corrected chi connectivity index (χ1v) is 8.12. The molecule has 1 aromatic rings. The van der Waals surface area contributed by atoms with Gasteiger partial charge >= 0.3 is 5.69 Å². The predicted molar refractivity (Wildman–Crippen MR) is 92.5 cm³/mol. The van der Waals surface area contributed by atoms with E-state index in [1.54, 1.807) is 0 Å². The largest absolute Gasteiger partial charge is 1.00 e. The molecular weight excluding hydrogens is 423 g/mol. The van der Waals surface area contributed by atoms with Crippen molar-refractivity contribution in [1.29, 1.82) is 0 Å². The highest BCUT2D eigenvalue weighted by atomic mass is 127. The molecule has 0 atom stereocenters. The maximum Gasteiger partial charge on any atom is 0.331 e. The van der Waals surface area contributed by atoms with Gasteiger partial charge in [0.15, 0.2) is 0 Å². The third-order valence-corrected chi connectivity index (χ3v) is 3.56. The van der Waals surface area contributed by atoms with E-state index in [1.165, 1.54) is 10.8 Å². The minimum atomic E-state index is -0.605. The Hall–Kier alpha value is -1.16. The van der Waals surface area contributed by atoms with Gasteiger partial charge in [-0.05, 0) is 6.42 Å². The van der Waals surface area contributed by atoms with E-state index in [4.69, 9.17) is 0 Å². The van der Waals surface area contributed by atoms with Crippen molar-refractivity contribution in [3.8, 4) is 5.88 Å². The van der Waals surface area contributed by atoms with E-state index in [0.29, 0.717) is 13.1 Å². The Morgan fingerprint density at radius 1 is 1.21 bits per heavy atom. The number of H-pyrrole nitrogens is 1. The lowest BCUT2D eigenvalue weighted by molar-refractivity contribution is -0.868. The molecule has 0 aliphatic rings. The molecule has 0 radical (unpaired) electrons. The van der Waals surface area contributed by atoms with Gasteiger partial charge in [0.05, 0.1) is 34.2 Å². The van der Waals surface area contributed by atoms with E-state index >= 15 is 0 Å². The Labute approximate surface area is 160 Å². The normalized spacial score (nSPS) is 11.7. The van der Waals surface area contributed by atoms with Crippen LogP contribution >= 0.6 is 0 Å². The van der Waals surface area contributed by atoms with Crippen LogP contribution in [0.4, 0.5) is 0 Å². The lowest BCUT2D eigenvalue weighted by Gasteiger charge is -2.22. The van der Waals surface area contributed by atoms with E-state index < -0.39 is 11.2 Å². The van der Waals surface area contributed by atoms with Crippen molar-refractivity contribution in [3.05, 3.63) is 26.4 Å². The number of hydrogen-bond acceptors (Lipinski definition) is 4. The molecule has 1 rings (SSSR count). The molecule has 0 fully saturated rings. The van der Waals surface area contributed by atoms with E-state index in [-0.39, 0.29) is 35.4 Å². The number of nitrogens with one attached hydrogen (secondary N) is 1. The number of nitrogens with zero attached hydrogens (tertiary/aromatic N) is 3. The average Bonchev–Trinajstić information content (AvgIpc) is 2.44. The Morgan fingerprint density at radius 3 is 2.46 bits per heavy atom. The fraction of sp³-hybridized carbons (Fsp3) is 0.688. The fourth-order valence-electron chi connectivity index (χ4n) is 2.11. The molecule has 0 spiro atoms. The van der Waals surface area contributed by atoms with Crippen LogP contribution in [0.5, 0.6) is 5.88 Å². The maximum absolute atomic E-state index is 11.9. The van der Waals surface area contributed by atoms with Crippen LogP contribution in [0, 0.1) is 0 Å². The monoisotopic (exact) mass is 452 g/mol. The van der Waals surface area contributed by atoms with Gasteiger partial charge in [0.25, 0.3) is 5.56 Å². The van der Waals surface area contributed by atoms with Gasteiger partial charge in [0.1, 0.15) is 5.56 Å². The van der Waals surface area contributed by atoms with Gasteiger partial charge in [-0.15, -0.1) is 0 Å². The summed E-state index contributed by atoms with van der Waals surface area (Å²) in [6.07, 6.45) is 5.29. The maximum atomic E-state index is 11.9. The second-order valence-electron chi connectivity index (χ2n) is 6.76. The molecule has 0 saturated carbocycles. The highest BCUT2D eigenvalue weighted by molar-refractivity contribution is 5.81. The summed E-state index contributed by atoms with van der Waals surface area (Å²) < 4.78 is 1.97. The number of halogens is 1. The minimum absolute atomic E-state index is 0. The summed E-state index contributed by atoms with van der Waals surface area (Å²) in [4.78, 5) is 30.1. The average molecular weight is 452 g/mol. The number of likely N-dealkylation sites (N-methyl/N-ethyl adjacent to an activating group) is 1. The summed E-state index contributed by atoms with van der Waals surface area (Å²) in [5.41, 5.74) is -1.14. The van der Waals surface area contributed by atoms with Crippen LogP contribution < -0.4 is 35.2 Å². The first-order valence-electron chi connectivity index (χ1n) is 8.12. The number of hydrogen-bond donors (Lipinski definition) is 2. The van der Waals surface area contributed by atoms with Crippen LogP contribution in [0.25, 0.3) is 0 Å². The molecule has 0 aromatic carbocycles. The highest BCUT2D eigenvalue weighted by Crippen LogP contribution is 2.10. The van der Waals surface area contributed by atoms with Crippen molar-refractivity contribution < 1.29 is 33.6 Å². The quantitative estimate of drug-likeness (QED) is 0.196. The van der Waals surface area contributed by atoms with Crippen molar-refractivity contribution in [2.75, 3.05) is 34.2 Å². The molecule has 0 aliphatic carbocycles. The number of quaternary nitrogens is 1. The van der Waals surface area contributed by atoms with Crippen LogP contribution in [0.3, 0.4) is 0 Å². The van der Waals surface area contributed by atoms with E-state index in [1.807, 2.05) is 0 Å². The molecule has 1 aromatic heterocycles. The van der Waals surface area contributed by atoms with E-state index in [0.717, 1.165) is 36.7 Å². The number of unbranched alkanes of at least 4 members (excludes halogenated alkanes) is 3. The number of aromatic hydroxyl groups is 1. The van der Waals surface area contributed by atoms with E-state index in [2.05, 4.69) is 38.0 Å². The standard InChI is InChI=1S/C16H28N4O3.HI/c1-5-6-7-8-10-19-15(22)13(14(21)18-16(19)23)12-17-9-11-20(2,3)4;/h12H,5-11H2,1-4H3,(H-,17,18,21,22,23);1H. The zero-order valence-corrected chi connectivity index (χ0v) is 17.2. The van der Waals surface area contributed by atoms with Gasteiger partial charge < -0.3 is 33.6 Å². The molecule has 0 bridgehead atoms. The summed E-state index contributed by atoms with van der Waals surface area (Å²) in [7, 11) is 6.16. The van der Waals surface area contributed by atoms with Crippen LogP contribution in [0.1, 0.15) is 38.2 Å². The lowest BCUT2D eigenvalue weighted by Crippen LogP contribution is -3.00. The van der Waals surface area contributed by atoms with Gasteiger partial charge in [-0.25, -0.2) is 4.79 Å². The number of rotatable bonds is 9. The van der Waals surface area contributed by atoms with Crippen molar-refractivity contribution >= 4 is 6.21 Å². The third-order valence-electron chi connectivity index (χ3n) is 3.56. The van der Waals surface area contributed by atoms with Gasteiger partial charge in [-0.3, -0.25) is 19.3 Å². The molecule has 0 unspecified atom stereocenters. The summed E-state index contributed by atoms with van der Waals surface area (Å²) in [6, 6.07) is 0. The molecule has 138 valence electrons. The molecule has 0 saturated heterocycles. The van der Waals surface area contributed by atoms with Gasteiger partial charge in [-0.2, -0.15) is 0 Å². The third kappa shape index (κ3) is 7.61. The summed E-state index contributed by atoms with van der Waals surface area (Å²) in [6.45, 7) is 3.85. The van der Waals surface area contributed by atoms with Crippen molar-refractivity contribution in [1.82, 2.24) is 9.55 Å². The number of aromatic nitrogens is 2. The molecule has 0 amide bonds. The lowest BCUT2D eigenvalue weighted by atomic mass is 10.2. The highest BCUT2D eigenvalue weighted by Gasteiger charge is 2.12. The topological polar surface area (TPSA) is 87.4 Å². The molecule has 0 aliphatic heterocycles. The zero-order valence-electron chi connectivity index (χ0n) is 15.0. The Kier molecular flexibility index (Phi) is 10.1. The summed E-state index contributed by atoms with van der Waals surface area (Å²) >= 11 is 0. The van der Waals surface area contributed by atoms with Crippen molar-refractivity contribution in [3.63, 3.8) is 0 Å². The predicted octanol–water partition coefficient (Wildman–Crippen LogP) is -2.05. The van der Waals surface area contributed by atoms with Crippen LogP contribution in [0.15, 0.2) is 14.6 Å². The van der Waals surface area contributed by atoms with Gasteiger partial charge in [0, 0.05) is 12.8 Å². The molecule has 1 heterocycles. The molecule has 24 heavy (non-hydrogen) atoms. The van der Waals surface area contributed by atoms with Gasteiger partial charge in [-0.1, -0.05) is 26.2 Å². The van der Waals surface area contributed by atoms with Crippen LogP contribution in [-0.4, -0.2) is 59.6 Å². The zero-order chi connectivity index (χ0) is 17.5. The molecule has 2 N–H and O–H groups in total. The molecule has 7 nitrogen and oxygen atoms in total. The Balaban J connectivity index is 0.00000529. The molecular formula is C16H29IN4O3. The first-order chi connectivity index (χ1) is 10.8. The summed E-state index contributed by atoms with van der Waals surface area (Å²) in [5.74, 6) is -0.302. The number of aliphatic imine (C=N–C) groups is 1.